The minimum Gasteiger partial charge on any atom is -0.480 e. The van der Waals surface area contributed by atoms with Gasteiger partial charge in [-0.05, 0) is 6.42 Å². The fourth-order valence-electron chi connectivity index (χ4n) is 1.49. The summed E-state index contributed by atoms with van der Waals surface area (Å²) in [6.07, 6.45) is 4.75. The van der Waals surface area contributed by atoms with Crippen LogP contribution in [0.5, 0.6) is 0 Å². The molecule has 1 aromatic rings. The highest BCUT2D eigenvalue weighted by atomic mass is 16.4. The SMILES string of the molecule is O=C(NCCCc1ncc[nH]1)N[C@H](CCO)C(=O)O. The van der Waals surface area contributed by atoms with Gasteiger partial charge in [0, 0.05) is 38.4 Å². The maximum Gasteiger partial charge on any atom is 0.326 e. The number of nitrogens with zero attached hydrogens (tertiary/aromatic N) is 1. The van der Waals surface area contributed by atoms with E-state index in [1.807, 2.05) is 0 Å². The topological polar surface area (TPSA) is 127 Å². The predicted molar refractivity (Wildman–Crippen MR) is 66.6 cm³/mol. The van der Waals surface area contributed by atoms with Crippen LogP contribution in [0, 0.1) is 0 Å². The van der Waals surface area contributed by atoms with Gasteiger partial charge >= 0.3 is 12.0 Å². The monoisotopic (exact) mass is 270 g/mol. The lowest BCUT2D eigenvalue weighted by Crippen LogP contribution is -2.46. The van der Waals surface area contributed by atoms with Crippen molar-refractivity contribution in [2.24, 2.45) is 0 Å². The molecule has 0 saturated heterocycles. The largest absolute Gasteiger partial charge is 0.480 e. The number of urea groups is 1. The van der Waals surface area contributed by atoms with Crippen LogP contribution in [-0.2, 0) is 11.2 Å². The molecule has 0 radical (unpaired) electrons. The van der Waals surface area contributed by atoms with E-state index in [4.69, 9.17) is 10.2 Å². The summed E-state index contributed by atoms with van der Waals surface area (Å²) in [6, 6.07) is -1.63. The molecule has 0 aliphatic carbocycles. The van der Waals surface area contributed by atoms with Gasteiger partial charge in [0.1, 0.15) is 11.9 Å². The van der Waals surface area contributed by atoms with Crippen molar-refractivity contribution in [3.63, 3.8) is 0 Å². The summed E-state index contributed by atoms with van der Waals surface area (Å²) in [5.74, 6) is -0.328. The van der Waals surface area contributed by atoms with Crippen LogP contribution in [0.3, 0.4) is 0 Å². The minimum atomic E-state index is -1.17. The summed E-state index contributed by atoms with van der Waals surface area (Å²) in [5.41, 5.74) is 0. The van der Waals surface area contributed by atoms with Gasteiger partial charge in [0.15, 0.2) is 0 Å². The molecular weight excluding hydrogens is 252 g/mol. The molecule has 1 aromatic heterocycles. The molecule has 0 aliphatic rings. The van der Waals surface area contributed by atoms with Crippen molar-refractivity contribution in [1.29, 1.82) is 0 Å². The van der Waals surface area contributed by atoms with E-state index in [0.717, 1.165) is 5.82 Å². The molecule has 0 aromatic carbocycles. The van der Waals surface area contributed by atoms with Crippen molar-refractivity contribution in [1.82, 2.24) is 20.6 Å². The number of imidazole rings is 1. The van der Waals surface area contributed by atoms with Crippen molar-refractivity contribution < 1.29 is 19.8 Å². The third-order valence-corrected chi connectivity index (χ3v) is 2.45. The van der Waals surface area contributed by atoms with Gasteiger partial charge < -0.3 is 25.8 Å². The highest BCUT2D eigenvalue weighted by Gasteiger charge is 2.18. The first-order chi connectivity index (χ1) is 9.13. The molecule has 19 heavy (non-hydrogen) atoms. The van der Waals surface area contributed by atoms with E-state index in [0.29, 0.717) is 19.4 Å². The van der Waals surface area contributed by atoms with E-state index in [1.165, 1.54) is 0 Å². The summed E-state index contributed by atoms with van der Waals surface area (Å²) >= 11 is 0. The number of carboxylic acid groups (broad SMARTS) is 1. The number of aromatic nitrogens is 2. The smallest absolute Gasteiger partial charge is 0.326 e. The Labute approximate surface area is 110 Å². The average Bonchev–Trinajstić information content (AvgIpc) is 2.87. The maximum atomic E-state index is 11.4. The van der Waals surface area contributed by atoms with Crippen LogP contribution >= 0.6 is 0 Å². The number of amides is 2. The molecule has 8 heteroatoms. The summed E-state index contributed by atoms with van der Waals surface area (Å²) < 4.78 is 0. The Balaban J connectivity index is 2.17. The molecule has 1 heterocycles. The van der Waals surface area contributed by atoms with Gasteiger partial charge in [-0.15, -0.1) is 0 Å². The van der Waals surface area contributed by atoms with Gasteiger partial charge in [-0.25, -0.2) is 14.6 Å². The van der Waals surface area contributed by atoms with Crippen molar-refractivity contribution in [3.8, 4) is 0 Å². The number of hydrogen-bond acceptors (Lipinski definition) is 4. The quantitative estimate of drug-likeness (QED) is 0.406. The van der Waals surface area contributed by atoms with E-state index in [9.17, 15) is 9.59 Å². The highest BCUT2D eigenvalue weighted by Crippen LogP contribution is 1.94. The van der Waals surface area contributed by atoms with Gasteiger partial charge in [0.05, 0.1) is 0 Å². The Morgan fingerprint density at radius 1 is 1.47 bits per heavy atom. The Morgan fingerprint density at radius 2 is 2.26 bits per heavy atom. The molecule has 1 rings (SSSR count). The standard InChI is InChI=1S/C11H18N4O4/c16-7-3-8(10(17)18)15-11(19)14-4-1-2-9-12-5-6-13-9/h5-6,8,16H,1-4,7H2,(H,12,13)(H,17,18)(H2,14,15,19)/t8-/m1/s1. The fraction of sp³-hybridized carbons (Fsp3) is 0.545. The lowest BCUT2D eigenvalue weighted by atomic mass is 10.2. The number of carbonyl (C=O) groups excluding carboxylic acids is 1. The van der Waals surface area contributed by atoms with Gasteiger partial charge in [-0.3, -0.25) is 0 Å². The van der Waals surface area contributed by atoms with Crippen molar-refractivity contribution >= 4 is 12.0 Å². The Hall–Kier alpha value is -2.09. The molecule has 0 fully saturated rings. The van der Waals surface area contributed by atoms with Gasteiger partial charge in [-0.2, -0.15) is 0 Å². The Kier molecular flexibility index (Phi) is 6.37. The summed E-state index contributed by atoms with van der Waals surface area (Å²) in [5, 5.41) is 22.3. The van der Waals surface area contributed by atoms with Crippen LogP contribution in [0.25, 0.3) is 0 Å². The number of carboxylic acids is 1. The molecular formula is C11H18N4O4. The van der Waals surface area contributed by atoms with E-state index in [-0.39, 0.29) is 13.0 Å². The summed E-state index contributed by atoms with van der Waals surface area (Å²) in [4.78, 5) is 29.1. The summed E-state index contributed by atoms with van der Waals surface area (Å²) in [7, 11) is 0. The lowest BCUT2D eigenvalue weighted by Gasteiger charge is -2.13. The van der Waals surface area contributed by atoms with Crippen LogP contribution in [0.2, 0.25) is 0 Å². The van der Waals surface area contributed by atoms with Crippen LogP contribution in [0.1, 0.15) is 18.7 Å². The van der Waals surface area contributed by atoms with E-state index in [1.54, 1.807) is 12.4 Å². The van der Waals surface area contributed by atoms with Crippen molar-refractivity contribution in [2.45, 2.75) is 25.3 Å². The normalized spacial score (nSPS) is 11.8. The third-order valence-electron chi connectivity index (χ3n) is 2.45. The maximum absolute atomic E-state index is 11.4. The van der Waals surface area contributed by atoms with Crippen LogP contribution in [0.15, 0.2) is 12.4 Å². The number of aliphatic hydroxyl groups is 1. The van der Waals surface area contributed by atoms with Gasteiger partial charge in [0.25, 0.3) is 0 Å². The van der Waals surface area contributed by atoms with E-state index in [2.05, 4.69) is 20.6 Å². The van der Waals surface area contributed by atoms with Crippen LogP contribution in [0.4, 0.5) is 4.79 Å². The van der Waals surface area contributed by atoms with E-state index < -0.39 is 18.0 Å². The molecule has 0 spiro atoms. The van der Waals surface area contributed by atoms with Crippen LogP contribution in [-0.4, -0.2) is 51.4 Å². The van der Waals surface area contributed by atoms with Crippen molar-refractivity contribution in [2.75, 3.05) is 13.2 Å². The number of H-pyrrole nitrogens is 1. The molecule has 0 unspecified atom stereocenters. The Bertz CT molecular complexity index is 393. The Morgan fingerprint density at radius 3 is 2.84 bits per heavy atom. The number of carbonyl (C=O) groups is 2. The van der Waals surface area contributed by atoms with Crippen LogP contribution < -0.4 is 10.6 Å². The lowest BCUT2D eigenvalue weighted by molar-refractivity contribution is -0.139. The number of aromatic amines is 1. The molecule has 8 nitrogen and oxygen atoms in total. The average molecular weight is 270 g/mol. The number of aliphatic hydroxyl groups excluding tert-OH is 1. The fourth-order valence-corrected chi connectivity index (χ4v) is 1.49. The second kappa shape index (κ2) is 8.09. The zero-order chi connectivity index (χ0) is 14.1. The van der Waals surface area contributed by atoms with E-state index >= 15 is 0 Å². The number of nitrogens with one attached hydrogen (secondary N) is 3. The minimum absolute atomic E-state index is 0.0187. The number of aliphatic carboxylic acids is 1. The van der Waals surface area contributed by atoms with Crippen molar-refractivity contribution in [3.05, 3.63) is 18.2 Å². The first-order valence-corrected chi connectivity index (χ1v) is 5.99. The van der Waals surface area contributed by atoms with Gasteiger partial charge in [-0.1, -0.05) is 0 Å². The molecule has 0 bridgehead atoms. The second-order valence-corrected chi connectivity index (χ2v) is 3.94. The number of hydrogen-bond donors (Lipinski definition) is 5. The summed E-state index contributed by atoms with van der Waals surface area (Å²) in [6.45, 7) is 0.119. The van der Waals surface area contributed by atoms with Gasteiger partial charge in [0.2, 0.25) is 0 Å². The zero-order valence-corrected chi connectivity index (χ0v) is 10.4. The first-order valence-electron chi connectivity index (χ1n) is 5.99. The molecule has 0 saturated carbocycles. The highest BCUT2D eigenvalue weighted by molar-refractivity contribution is 5.82. The molecule has 0 aliphatic heterocycles. The predicted octanol–water partition coefficient (Wildman–Crippen LogP) is -0.523. The molecule has 5 N–H and O–H groups in total. The zero-order valence-electron chi connectivity index (χ0n) is 10.4. The molecule has 2 amide bonds. The third kappa shape index (κ3) is 5.87. The second-order valence-electron chi connectivity index (χ2n) is 3.94. The number of aryl methyl sites for hydroxylation is 1. The molecule has 106 valence electrons. The molecule has 1 atom stereocenters. The number of rotatable bonds is 8. The first kappa shape index (κ1) is 15.0.